The zero-order chi connectivity index (χ0) is 7.40. The Kier molecular flexibility index (Phi) is 2.48. The third-order valence-corrected chi connectivity index (χ3v) is 1.37. The van der Waals surface area contributed by atoms with Crippen molar-refractivity contribution in [1.29, 1.82) is 0 Å². The van der Waals surface area contributed by atoms with Gasteiger partial charge in [-0.05, 0) is 19.0 Å². The average Bonchev–Trinajstić information content (AvgIpc) is 2.38. The van der Waals surface area contributed by atoms with E-state index in [-0.39, 0.29) is 0 Å². The summed E-state index contributed by atoms with van der Waals surface area (Å²) in [5.41, 5.74) is 6.04. The Hall–Kier alpha value is -0.800. The summed E-state index contributed by atoms with van der Waals surface area (Å²) in [5.74, 6) is 0. The Bertz CT molecular complexity index is 172. The quantitative estimate of drug-likeness (QED) is 0.650. The summed E-state index contributed by atoms with van der Waals surface area (Å²) in [6.45, 7) is 0.492. The molecule has 0 aliphatic heterocycles. The smallest absolute Gasteiger partial charge is 0.0960 e. The van der Waals surface area contributed by atoms with Gasteiger partial charge in [0.2, 0.25) is 0 Å². The third-order valence-electron chi connectivity index (χ3n) is 1.37. The van der Waals surface area contributed by atoms with Crippen molar-refractivity contribution in [2.24, 2.45) is 5.73 Å². The highest BCUT2D eigenvalue weighted by atomic mass is 16.3. The first-order valence-electron chi connectivity index (χ1n) is 3.25. The number of furan rings is 1. The summed E-state index contributed by atoms with van der Waals surface area (Å²) in [6, 6.07) is 1.74. The lowest BCUT2D eigenvalue weighted by Gasteiger charge is -2.03. The van der Waals surface area contributed by atoms with Crippen LogP contribution in [0.15, 0.2) is 23.0 Å². The molecule has 0 aliphatic carbocycles. The first kappa shape index (κ1) is 7.31. The van der Waals surface area contributed by atoms with Crippen LogP contribution in [0.3, 0.4) is 0 Å². The molecule has 1 aromatic rings. The van der Waals surface area contributed by atoms with E-state index < -0.39 is 6.10 Å². The van der Waals surface area contributed by atoms with Gasteiger partial charge in [0, 0.05) is 5.56 Å². The van der Waals surface area contributed by atoms with Gasteiger partial charge in [-0.25, -0.2) is 0 Å². The normalized spacial score (nSPS) is 13.4. The molecule has 3 heteroatoms. The Balaban J connectivity index is 2.50. The monoisotopic (exact) mass is 141 g/mol. The van der Waals surface area contributed by atoms with Gasteiger partial charge < -0.3 is 15.3 Å². The maximum atomic E-state index is 9.27. The van der Waals surface area contributed by atoms with E-state index in [4.69, 9.17) is 10.2 Å². The molecule has 0 spiro atoms. The number of rotatable bonds is 3. The van der Waals surface area contributed by atoms with E-state index in [1.807, 2.05) is 0 Å². The van der Waals surface area contributed by atoms with Crippen molar-refractivity contribution in [1.82, 2.24) is 0 Å². The van der Waals surface area contributed by atoms with Crippen molar-refractivity contribution in [2.45, 2.75) is 12.5 Å². The molecule has 1 aromatic heterocycles. The highest BCUT2D eigenvalue weighted by Gasteiger charge is 2.05. The van der Waals surface area contributed by atoms with Crippen LogP contribution in [0.25, 0.3) is 0 Å². The van der Waals surface area contributed by atoms with Gasteiger partial charge in [-0.15, -0.1) is 0 Å². The lowest BCUT2D eigenvalue weighted by molar-refractivity contribution is 0.169. The minimum absolute atomic E-state index is 0.469. The van der Waals surface area contributed by atoms with E-state index in [2.05, 4.69) is 0 Å². The van der Waals surface area contributed by atoms with Gasteiger partial charge in [0.1, 0.15) is 0 Å². The molecule has 0 saturated carbocycles. The van der Waals surface area contributed by atoms with Crippen LogP contribution in [0.5, 0.6) is 0 Å². The van der Waals surface area contributed by atoms with Crippen LogP contribution >= 0.6 is 0 Å². The molecular formula is C7H11NO2. The Labute approximate surface area is 59.5 Å². The van der Waals surface area contributed by atoms with Gasteiger partial charge in [0.05, 0.1) is 18.6 Å². The molecule has 0 aliphatic rings. The van der Waals surface area contributed by atoms with E-state index in [9.17, 15) is 5.11 Å². The fourth-order valence-corrected chi connectivity index (χ4v) is 0.789. The number of hydrogen-bond donors (Lipinski definition) is 2. The predicted molar refractivity (Wildman–Crippen MR) is 37.3 cm³/mol. The van der Waals surface area contributed by atoms with Crippen molar-refractivity contribution >= 4 is 0 Å². The molecule has 1 unspecified atom stereocenters. The van der Waals surface area contributed by atoms with Crippen LogP contribution in [0, 0.1) is 0 Å². The number of hydrogen-bond acceptors (Lipinski definition) is 3. The summed E-state index contributed by atoms with van der Waals surface area (Å²) >= 11 is 0. The number of nitrogens with two attached hydrogens (primary N) is 1. The van der Waals surface area contributed by atoms with Crippen molar-refractivity contribution < 1.29 is 9.52 Å². The molecule has 56 valence electrons. The molecule has 0 radical (unpaired) electrons. The SMILES string of the molecule is NCCC(O)c1ccoc1. The summed E-state index contributed by atoms with van der Waals surface area (Å²) in [4.78, 5) is 0. The second-order valence-corrected chi connectivity index (χ2v) is 2.15. The average molecular weight is 141 g/mol. The standard InChI is InChI=1S/C7H11NO2/c8-3-1-7(9)6-2-4-10-5-6/h2,4-5,7,9H,1,3,8H2. The van der Waals surface area contributed by atoms with Crippen LogP contribution in [0.4, 0.5) is 0 Å². The van der Waals surface area contributed by atoms with Crippen molar-refractivity contribution in [3.63, 3.8) is 0 Å². The Morgan fingerprint density at radius 3 is 3.00 bits per heavy atom. The van der Waals surface area contributed by atoms with Gasteiger partial charge in [-0.1, -0.05) is 0 Å². The van der Waals surface area contributed by atoms with Gasteiger partial charge in [0.15, 0.2) is 0 Å². The molecule has 0 saturated heterocycles. The lowest BCUT2D eigenvalue weighted by atomic mass is 10.1. The zero-order valence-electron chi connectivity index (χ0n) is 5.66. The highest BCUT2D eigenvalue weighted by molar-refractivity contribution is 5.08. The first-order valence-corrected chi connectivity index (χ1v) is 3.25. The van der Waals surface area contributed by atoms with E-state index in [1.54, 1.807) is 6.07 Å². The van der Waals surface area contributed by atoms with Gasteiger partial charge in [0.25, 0.3) is 0 Å². The maximum absolute atomic E-state index is 9.27. The summed E-state index contributed by atoms with van der Waals surface area (Å²) in [5, 5.41) is 9.27. The molecule has 0 amide bonds. The molecule has 3 nitrogen and oxygen atoms in total. The minimum atomic E-state index is -0.469. The van der Waals surface area contributed by atoms with Crippen LogP contribution in [0.1, 0.15) is 18.1 Å². The maximum Gasteiger partial charge on any atom is 0.0960 e. The number of aliphatic hydroxyl groups is 1. The second-order valence-electron chi connectivity index (χ2n) is 2.15. The first-order chi connectivity index (χ1) is 4.84. The third kappa shape index (κ3) is 1.59. The summed E-state index contributed by atoms with van der Waals surface area (Å²) in [6.07, 6.45) is 3.18. The molecule has 1 atom stereocenters. The van der Waals surface area contributed by atoms with Crippen molar-refractivity contribution in [2.75, 3.05) is 6.54 Å². The molecule has 0 bridgehead atoms. The molecule has 0 aromatic carbocycles. The molecule has 3 N–H and O–H groups in total. The minimum Gasteiger partial charge on any atom is -0.472 e. The van der Waals surface area contributed by atoms with Crippen LogP contribution in [0.2, 0.25) is 0 Å². The lowest BCUT2D eigenvalue weighted by Crippen LogP contribution is -2.05. The van der Waals surface area contributed by atoms with Gasteiger partial charge >= 0.3 is 0 Å². The molecular weight excluding hydrogens is 130 g/mol. The fourth-order valence-electron chi connectivity index (χ4n) is 0.789. The van der Waals surface area contributed by atoms with Crippen molar-refractivity contribution in [3.05, 3.63) is 24.2 Å². The molecule has 1 heterocycles. The van der Waals surface area contributed by atoms with Crippen LogP contribution < -0.4 is 5.73 Å². The zero-order valence-corrected chi connectivity index (χ0v) is 5.66. The van der Waals surface area contributed by atoms with Gasteiger partial charge in [-0.3, -0.25) is 0 Å². The second kappa shape index (κ2) is 3.39. The van der Waals surface area contributed by atoms with E-state index in [0.29, 0.717) is 13.0 Å². The van der Waals surface area contributed by atoms with Crippen molar-refractivity contribution in [3.8, 4) is 0 Å². The molecule has 0 fully saturated rings. The van der Waals surface area contributed by atoms with E-state index in [0.717, 1.165) is 5.56 Å². The highest BCUT2D eigenvalue weighted by Crippen LogP contribution is 2.15. The fraction of sp³-hybridized carbons (Fsp3) is 0.429. The van der Waals surface area contributed by atoms with Crippen LogP contribution in [-0.2, 0) is 0 Å². The van der Waals surface area contributed by atoms with E-state index in [1.165, 1.54) is 12.5 Å². The summed E-state index contributed by atoms with van der Waals surface area (Å²) < 4.78 is 4.78. The molecule has 10 heavy (non-hydrogen) atoms. The van der Waals surface area contributed by atoms with Crippen LogP contribution in [-0.4, -0.2) is 11.7 Å². The van der Waals surface area contributed by atoms with E-state index >= 15 is 0 Å². The number of aliphatic hydroxyl groups excluding tert-OH is 1. The molecule has 1 rings (SSSR count). The predicted octanol–water partition coefficient (Wildman–Crippen LogP) is 0.662. The Morgan fingerprint density at radius 2 is 2.50 bits per heavy atom. The largest absolute Gasteiger partial charge is 0.472 e. The Morgan fingerprint density at radius 1 is 1.70 bits per heavy atom. The topological polar surface area (TPSA) is 59.4 Å². The van der Waals surface area contributed by atoms with Gasteiger partial charge in [-0.2, -0.15) is 0 Å². The summed E-state index contributed by atoms with van der Waals surface area (Å²) in [7, 11) is 0.